The molecule has 0 radical (unpaired) electrons. The summed E-state index contributed by atoms with van der Waals surface area (Å²) in [6.07, 6.45) is 1.53. The van der Waals surface area contributed by atoms with Crippen molar-refractivity contribution in [1.82, 2.24) is 20.5 Å². The molecule has 2 heterocycles. The van der Waals surface area contributed by atoms with Gasteiger partial charge in [0.05, 0.1) is 34.8 Å². The minimum absolute atomic E-state index is 0.00613. The molecule has 0 fully saturated rings. The Kier molecular flexibility index (Phi) is 6.11. The maximum atomic E-state index is 13.8. The fourth-order valence-corrected chi connectivity index (χ4v) is 3.23. The Bertz CT molecular complexity index is 1460. The average Bonchev–Trinajstić information content (AvgIpc) is 3.28. The molecule has 4 aromatic rings. The lowest BCUT2D eigenvalue weighted by molar-refractivity contribution is -0.124. The first-order chi connectivity index (χ1) is 15.9. The second-order valence-electron chi connectivity index (χ2n) is 7.06. The van der Waals surface area contributed by atoms with Crippen molar-refractivity contribution in [3.63, 3.8) is 0 Å². The van der Waals surface area contributed by atoms with Crippen LogP contribution in [0.25, 0.3) is 22.1 Å². The van der Waals surface area contributed by atoms with E-state index >= 15 is 0 Å². The Morgan fingerprint density at radius 1 is 1.00 bits per heavy atom. The zero-order chi connectivity index (χ0) is 23.4. The Hall–Kier alpha value is -4.54. The third-order valence-corrected chi connectivity index (χ3v) is 4.80. The zero-order valence-corrected chi connectivity index (χ0v) is 17.1. The molecule has 0 unspecified atom stereocenters. The number of nitrogens with one attached hydrogen (secondary N) is 4. The quantitative estimate of drug-likeness (QED) is 0.336. The number of hydrogen-bond donors (Lipinski definition) is 4. The third kappa shape index (κ3) is 4.87. The highest BCUT2D eigenvalue weighted by molar-refractivity contribution is 6.02. The van der Waals surface area contributed by atoms with E-state index in [4.69, 9.17) is 4.42 Å². The van der Waals surface area contributed by atoms with E-state index in [1.54, 1.807) is 18.2 Å². The number of hydrogen-bond acceptors (Lipinski definition) is 6. The van der Waals surface area contributed by atoms with E-state index in [9.17, 15) is 23.6 Å². The van der Waals surface area contributed by atoms with E-state index in [1.807, 2.05) is 0 Å². The van der Waals surface area contributed by atoms with Crippen molar-refractivity contribution < 1.29 is 18.4 Å². The van der Waals surface area contributed by atoms with Crippen LogP contribution in [0, 0.1) is 5.82 Å². The van der Waals surface area contributed by atoms with Crippen molar-refractivity contribution in [3.8, 4) is 11.3 Å². The largest absolute Gasteiger partial charge is 0.441 e. The van der Waals surface area contributed by atoms with Gasteiger partial charge in [0, 0.05) is 12.8 Å². The normalized spacial score (nSPS) is 10.8. The summed E-state index contributed by atoms with van der Waals surface area (Å²) in [6, 6.07) is 10.6. The van der Waals surface area contributed by atoms with E-state index in [0.717, 1.165) is 0 Å². The van der Waals surface area contributed by atoms with Crippen molar-refractivity contribution >= 4 is 28.3 Å². The number of benzene rings is 2. The molecule has 0 aliphatic heterocycles. The Morgan fingerprint density at radius 2 is 1.79 bits per heavy atom. The van der Waals surface area contributed by atoms with Crippen LogP contribution >= 0.6 is 0 Å². The summed E-state index contributed by atoms with van der Waals surface area (Å²) in [4.78, 5) is 52.3. The fraction of sp³-hybridized carbons (Fsp3) is 0.136. The number of nitrogens with zero attached hydrogens (tertiary/aromatic N) is 1. The summed E-state index contributed by atoms with van der Waals surface area (Å²) in [6.45, 7) is -0.345. The second-order valence-corrected chi connectivity index (χ2v) is 7.06. The number of aryl methyl sites for hydroxylation is 1. The van der Waals surface area contributed by atoms with Gasteiger partial charge in [-0.25, -0.2) is 9.37 Å². The van der Waals surface area contributed by atoms with Gasteiger partial charge in [-0.1, -0.05) is 18.2 Å². The zero-order valence-electron chi connectivity index (χ0n) is 17.1. The van der Waals surface area contributed by atoms with Crippen LogP contribution < -0.4 is 21.8 Å². The summed E-state index contributed by atoms with van der Waals surface area (Å²) < 4.78 is 19.3. The van der Waals surface area contributed by atoms with Crippen LogP contribution in [0.3, 0.4) is 0 Å². The first kappa shape index (κ1) is 21.7. The van der Waals surface area contributed by atoms with Gasteiger partial charge in [0.15, 0.2) is 11.7 Å². The van der Waals surface area contributed by atoms with Gasteiger partial charge < -0.3 is 15.1 Å². The topological polar surface area (TPSA) is 150 Å². The van der Waals surface area contributed by atoms with E-state index in [2.05, 4.69) is 25.8 Å². The van der Waals surface area contributed by atoms with E-state index in [-0.39, 0.29) is 53.1 Å². The molecular formula is C22H18FN5O5. The number of fused-ring (bicyclic) bond motifs is 1. The lowest BCUT2D eigenvalue weighted by Gasteiger charge is -2.08. The van der Waals surface area contributed by atoms with Crippen LogP contribution in [-0.2, 0) is 16.0 Å². The average molecular weight is 451 g/mol. The first-order valence-corrected chi connectivity index (χ1v) is 9.92. The van der Waals surface area contributed by atoms with Crippen molar-refractivity contribution in [3.05, 3.63) is 81.1 Å². The summed E-state index contributed by atoms with van der Waals surface area (Å²) in [5, 5.41) is 9.55. The summed E-state index contributed by atoms with van der Waals surface area (Å²) in [7, 11) is 0. The van der Waals surface area contributed by atoms with Gasteiger partial charge in [-0.15, -0.1) is 0 Å². The number of amides is 2. The fourth-order valence-electron chi connectivity index (χ4n) is 3.23. The number of carbonyl (C=O) groups excluding carboxylic acids is 2. The van der Waals surface area contributed by atoms with Crippen molar-refractivity contribution in [2.45, 2.75) is 12.8 Å². The van der Waals surface area contributed by atoms with Crippen LogP contribution in [0.1, 0.15) is 12.3 Å². The van der Waals surface area contributed by atoms with Gasteiger partial charge in [-0.2, -0.15) is 0 Å². The summed E-state index contributed by atoms with van der Waals surface area (Å²) in [5.74, 6) is -0.932. The van der Waals surface area contributed by atoms with E-state index < -0.39 is 28.8 Å². The minimum atomic E-state index is -0.575. The number of aromatic nitrogens is 3. The molecule has 168 valence electrons. The highest BCUT2D eigenvalue weighted by Crippen LogP contribution is 2.23. The predicted molar refractivity (Wildman–Crippen MR) is 117 cm³/mol. The van der Waals surface area contributed by atoms with E-state index in [1.165, 1.54) is 30.5 Å². The number of aromatic amines is 2. The number of carbonyl (C=O) groups is 2. The molecule has 4 rings (SSSR count). The second kappa shape index (κ2) is 9.30. The summed E-state index contributed by atoms with van der Waals surface area (Å²) in [5.41, 5.74) is -0.643. The van der Waals surface area contributed by atoms with Gasteiger partial charge in [0.25, 0.3) is 11.1 Å². The van der Waals surface area contributed by atoms with Gasteiger partial charge in [0.1, 0.15) is 5.82 Å². The Labute approximate surface area is 184 Å². The molecule has 2 amide bonds. The molecule has 10 nitrogen and oxygen atoms in total. The molecule has 0 saturated heterocycles. The van der Waals surface area contributed by atoms with Gasteiger partial charge in [0.2, 0.25) is 11.8 Å². The molecule has 0 bridgehead atoms. The van der Waals surface area contributed by atoms with E-state index in [0.29, 0.717) is 0 Å². The molecule has 33 heavy (non-hydrogen) atoms. The predicted octanol–water partition coefficient (Wildman–Crippen LogP) is 1.70. The monoisotopic (exact) mass is 451 g/mol. The number of rotatable bonds is 7. The number of oxazole rings is 1. The molecule has 2 aromatic heterocycles. The van der Waals surface area contributed by atoms with Crippen LogP contribution in [-0.4, -0.2) is 33.5 Å². The van der Waals surface area contributed by atoms with Crippen molar-refractivity contribution in [2.24, 2.45) is 0 Å². The van der Waals surface area contributed by atoms with Crippen LogP contribution in [0.15, 0.2) is 62.7 Å². The number of H-pyrrole nitrogens is 2. The molecular weight excluding hydrogens is 433 g/mol. The molecule has 0 spiro atoms. The lowest BCUT2D eigenvalue weighted by atomic mass is 10.1. The Balaban J connectivity index is 1.31. The molecule has 11 heteroatoms. The first-order valence-electron chi connectivity index (χ1n) is 9.92. The molecule has 0 atom stereocenters. The van der Waals surface area contributed by atoms with Gasteiger partial charge in [-0.05, 0) is 24.3 Å². The lowest BCUT2D eigenvalue weighted by Crippen LogP contribution is -2.33. The molecule has 0 aliphatic carbocycles. The van der Waals surface area contributed by atoms with Crippen LogP contribution in [0.5, 0.6) is 0 Å². The van der Waals surface area contributed by atoms with Gasteiger partial charge in [-0.3, -0.25) is 29.4 Å². The highest BCUT2D eigenvalue weighted by atomic mass is 19.1. The smallest absolute Gasteiger partial charge is 0.272 e. The molecule has 0 aliphatic rings. The Morgan fingerprint density at radius 3 is 2.61 bits per heavy atom. The standard InChI is InChI=1S/C22H18FN5O5/c23-14-6-2-1-4-12(14)16-10-25-19(33-16)9-8-17(29)24-11-18(30)26-15-7-3-5-13-20(15)22(32)28-27-21(13)31/h1-7,10H,8-9,11H2,(H,24,29)(H,26,30)(H,27,31)(H,28,32). The SMILES string of the molecule is O=C(CCc1ncc(-c2ccccc2F)o1)NCC(=O)Nc1cccc2c(=O)[nH][nH]c(=O)c12. The highest BCUT2D eigenvalue weighted by Gasteiger charge is 2.14. The van der Waals surface area contributed by atoms with Crippen molar-refractivity contribution in [2.75, 3.05) is 11.9 Å². The number of halogens is 1. The maximum Gasteiger partial charge on any atom is 0.272 e. The van der Waals surface area contributed by atoms with Gasteiger partial charge >= 0.3 is 0 Å². The minimum Gasteiger partial charge on any atom is -0.441 e. The van der Waals surface area contributed by atoms with Crippen molar-refractivity contribution in [1.29, 1.82) is 0 Å². The maximum absolute atomic E-state index is 13.8. The number of anilines is 1. The molecule has 2 aromatic carbocycles. The molecule has 4 N–H and O–H groups in total. The summed E-state index contributed by atoms with van der Waals surface area (Å²) >= 11 is 0. The van der Waals surface area contributed by atoms with Crippen LogP contribution in [0.2, 0.25) is 0 Å². The van der Waals surface area contributed by atoms with Crippen LogP contribution in [0.4, 0.5) is 10.1 Å². The molecule has 0 saturated carbocycles. The third-order valence-electron chi connectivity index (χ3n) is 4.80.